The highest BCUT2D eigenvalue weighted by Crippen LogP contribution is 2.03. The van der Waals surface area contributed by atoms with Crippen LogP contribution in [0.4, 0.5) is 0 Å². The second kappa shape index (κ2) is 9.71. The van der Waals surface area contributed by atoms with Gasteiger partial charge in [-0.05, 0) is 19.3 Å². The number of hydrogen-bond acceptors (Lipinski definition) is 3. The normalized spacial score (nSPS) is 12.8. The number of hydrogen-bond donors (Lipinski definition) is 3. The van der Waals surface area contributed by atoms with Gasteiger partial charge in [-0.1, -0.05) is 18.9 Å². The van der Waals surface area contributed by atoms with E-state index in [1.807, 2.05) is 0 Å². The molecule has 78 valence electrons. The summed E-state index contributed by atoms with van der Waals surface area (Å²) in [5.74, 6) is 0. The van der Waals surface area contributed by atoms with Crippen molar-refractivity contribution in [2.24, 2.45) is 0 Å². The van der Waals surface area contributed by atoms with E-state index in [1.165, 1.54) is 0 Å². The van der Waals surface area contributed by atoms with Crippen LogP contribution in [0.2, 0.25) is 0 Å². The maximum absolute atomic E-state index is 9.33. The molecule has 1 atom stereocenters. The first-order valence-corrected chi connectivity index (χ1v) is 4.94. The standard InChI is InChI=1S/C10H21NO2/c1-2-8-11-10(13)7-5-3-4-6-9-12/h2,10-13H,1,3-9H2. The van der Waals surface area contributed by atoms with Crippen LogP contribution in [0.3, 0.4) is 0 Å². The lowest BCUT2D eigenvalue weighted by Crippen LogP contribution is -2.28. The molecule has 0 aromatic carbocycles. The van der Waals surface area contributed by atoms with Crippen molar-refractivity contribution >= 4 is 0 Å². The van der Waals surface area contributed by atoms with Crippen LogP contribution in [0.5, 0.6) is 0 Å². The molecule has 3 N–H and O–H groups in total. The van der Waals surface area contributed by atoms with Crippen LogP contribution in [0.15, 0.2) is 12.7 Å². The van der Waals surface area contributed by atoms with Crippen LogP contribution in [-0.2, 0) is 0 Å². The maximum Gasteiger partial charge on any atom is 0.105 e. The predicted molar refractivity (Wildman–Crippen MR) is 54.4 cm³/mol. The molecule has 0 saturated heterocycles. The second-order valence-electron chi connectivity index (χ2n) is 3.14. The van der Waals surface area contributed by atoms with Gasteiger partial charge in [0, 0.05) is 13.2 Å². The van der Waals surface area contributed by atoms with Crippen LogP contribution in [0, 0.1) is 0 Å². The summed E-state index contributed by atoms with van der Waals surface area (Å²) in [6, 6.07) is 0. The molecule has 1 unspecified atom stereocenters. The van der Waals surface area contributed by atoms with Crippen molar-refractivity contribution in [3.05, 3.63) is 12.7 Å². The SMILES string of the molecule is C=CCNC(O)CCCCCCO. The molecule has 0 rings (SSSR count). The van der Waals surface area contributed by atoms with E-state index < -0.39 is 6.23 Å². The van der Waals surface area contributed by atoms with Crippen LogP contribution in [0.25, 0.3) is 0 Å². The first kappa shape index (κ1) is 12.6. The van der Waals surface area contributed by atoms with E-state index in [0.29, 0.717) is 6.54 Å². The lowest BCUT2D eigenvalue weighted by Gasteiger charge is -2.10. The van der Waals surface area contributed by atoms with Gasteiger partial charge < -0.3 is 10.2 Å². The van der Waals surface area contributed by atoms with Crippen molar-refractivity contribution in [2.45, 2.75) is 38.3 Å². The minimum atomic E-state index is -0.410. The van der Waals surface area contributed by atoms with Gasteiger partial charge in [0.2, 0.25) is 0 Å². The van der Waals surface area contributed by atoms with Gasteiger partial charge in [0.05, 0.1) is 0 Å². The first-order chi connectivity index (χ1) is 6.31. The van der Waals surface area contributed by atoms with E-state index in [-0.39, 0.29) is 6.61 Å². The molecular weight excluding hydrogens is 166 g/mol. The fourth-order valence-corrected chi connectivity index (χ4v) is 1.12. The largest absolute Gasteiger partial charge is 0.396 e. The molecular formula is C10H21NO2. The zero-order chi connectivity index (χ0) is 9.94. The number of aliphatic hydroxyl groups excluding tert-OH is 2. The van der Waals surface area contributed by atoms with Crippen LogP contribution in [-0.4, -0.2) is 29.6 Å². The molecule has 0 aliphatic carbocycles. The van der Waals surface area contributed by atoms with E-state index >= 15 is 0 Å². The van der Waals surface area contributed by atoms with Crippen molar-refractivity contribution in [3.63, 3.8) is 0 Å². The third-order valence-electron chi connectivity index (χ3n) is 1.88. The fourth-order valence-electron chi connectivity index (χ4n) is 1.12. The zero-order valence-electron chi connectivity index (χ0n) is 8.21. The Morgan fingerprint density at radius 3 is 2.54 bits per heavy atom. The van der Waals surface area contributed by atoms with Gasteiger partial charge in [-0.25, -0.2) is 0 Å². The molecule has 0 saturated carbocycles. The number of rotatable bonds is 9. The molecule has 0 radical (unpaired) electrons. The van der Waals surface area contributed by atoms with Crippen molar-refractivity contribution < 1.29 is 10.2 Å². The predicted octanol–water partition coefficient (Wildman–Crippen LogP) is 1.02. The molecule has 0 amide bonds. The monoisotopic (exact) mass is 187 g/mol. The smallest absolute Gasteiger partial charge is 0.105 e. The lowest BCUT2D eigenvalue weighted by atomic mass is 10.1. The Morgan fingerprint density at radius 1 is 1.23 bits per heavy atom. The number of aliphatic hydroxyl groups is 2. The molecule has 3 heteroatoms. The number of unbranched alkanes of at least 4 members (excludes halogenated alkanes) is 3. The topological polar surface area (TPSA) is 52.5 Å². The van der Waals surface area contributed by atoms with Crippen LogP contribution >= 0.6 is 0 Å². The summed E-state index contributed by atoms with van der Waals surface area (Å²) in [5, 5.41) is 20.8. The van der Waals surface area contributed by atoms with Crippen molar-refractivity contribution in [2.75, 3.05) is 13.2 Å². The van der Waals surface area contributed by atoms with E-state index in [1.54, 1.807) is 6.08 Å². The Bertz CT molecular complexity index is 117. The third-order valence-corrected chi connectivity index (χ3v) is 1.88. The van der Waals surface area contributed by atoms with Gasteiger partial charge in [-0.15, -0.1) is 6.58 Å². The molecule has 0 aliphatic rings. The van der Waals surface area contributed by atoms with E-state index in [0.717, 1.165) is 32.1 Å². The van der Waals surface area contributed by atoms with E-state index in [2.05, 4.69) is 11.9 Å². The maximum atomic E-state index is 9.33. The zero-order valence-corrected chi connectivity index (χ0v) is 8.21. The average Bonchev–Trinajstić information content (AvgIpc) is 2.14. The Hall–Kier alpha value is -0.380. The highest BCUT2D eigenvalue weighted by atomic mass is 16.3. The molecule has 0 fully saturated rings. The Kier molecular flexibility index (Phi) is 9.42. The van der Waals surface area contributed by atoms with Gasteiger partial charge in [0.25, 0.3) is 0 Å². The van der Waals surface area contributed by atoms with Crippen molar-refractivity contribution in [1.29, 1.82) is 0 Å². The highest BCUT2D eigenvalue weighted by molar-refractivity contribution is 4.70. The highest BCUT2D eigenvalue weighted by Gasteiger charge is 2.00. The third kappa shape index (κ3) is 9.53. The van der Waals surface area contributed by atoms with Gasteiger partial charge in [0.15, 0.2) is 0 Å². The Labute approximate surface area is 80.5 Å². The molecule has 13 heavy (non-hydrogen) atoms. The van der Waals surface area contributed by atoms with Gasteiger partial charge in [0.1, 0.15) is 6.23 Å². The van der Waals surface area contributed by atoms with E-state index in [4.69, 9.17) is 5.11 Å². The Morgan fingerprint density at radius 2 is 1.92 bits per heavy atom. The summed E-state index contributed by atoms with van der Waals surface area (Å²) in [7, 11) is 0. The molecule has 0 aliphatic heterocycles. The van der Waals surface area contributed by atoms with Gasteiger partial charge in [-0.3, -0.25) is 5.32 Å². The molecule has 3 nitrogen and oxygen atoms in total. The second-order valence-corrected chi connectivity index (χ2v) is 3.14. The fraction of sp³-hybridized carbons (Fsp3) is 0.800. The van der Waals surface area contributed by atoms with Crippen molar-refractivity contribution in [3.8, 4) is 0 Å². The summed E-state index contributed by atoms with van der Waals surface area (Å²) in [5.41, 5.74) is 0. The number of nitrogens with one attached hydrogen (secondary N) is 1. The molecule has 0 bridgehead atoms. The Balaban J connectivity index is 3.07. The van der Waals surface area contributed by atoms with Crippen molar-refractivity contribution in [1.82, 2.24) is 5.32 Å². The summed E-state index contributed by atoms with van der Waals surface area (Å²) in [4.78, 5) is 0. The first-order valence-electron chi connectivity index (χ1n) is 4.94. The minimum absolute atomic E-state index is 0.275. The quantitative estimate of drug-likeness (QED) is 0.287. The van der Waals surface area contributed by atoms with Crippen LogP contribution < -0.4 is 5.32 Å². The molecule has 0 aromatic rings. The average molecular weight is 187 g/mol. The van der Waals surface area contributed by atoms with Crippen LogP contribution in [0.1, 0.15) is 32.1 Å². The summed E-state index contributed by atoms with van der Waals surface area (Å²) >= 11 is 0. The van der Waals surface area contributed by atoms with E-state index in [9.17, 15) is 5.11 Å². The summed E-state index contributed by atoms with van der Waals surface area (Å²) < 4.78 is 0. The molecule has 0 aromatic heterocycles. The lowest BCUT2D eigenvalue weighted by molar-refractivity contribution is 0.128. The minimum Gasteiger partial charge on any atom is -0.396 e. The molecule has 0 spiro atoms. The van der Waals surface area contributed by atoms with Gasteiger partial charge in [-0.2, -0.15) is 0 Å². The van der Waals surface area contributed by atoms with Gasteiger partial charge >= 0.3 is 0 Å². The summed E-state index contributed by atoms with van der Waals surface area (Å²) in [6.07, 6.45) is 6.10. The molecule has 0 heterocycles. The summed E-state index contributed by atoms with van der Waals surface area (Å²) in [6.45, 7) is 4.48.